The fraction of sp³-hybridized carbons (Fsp3) is 0.679. The van der Waals surface area contributed by atoms with Crippen LogP contribution in [0.4, 0.5) is 4.39 Å². The van der Waals surface area contributed by atoms with Crippen molar-refractivity contribution in [1.29, 1.82) is 5.26 Å². The molecule has 0 bridgehead atoms. The van der Waals surface area contributed by atoms with Gasteiger partial charge in [-0.15, -0.1) is 0 Å². The molecule has 0 unspecified atom stereocenters. The van der Waals surface area contributed by atoms with Crippen LogP contribution in [0.5, 0.6) is 0 Å². The number of allylic oxidation sites excluding steroid dienone is 1. The van der Waals surface area contributed by atoms with Crippen molar-refractivity contribution in [1.82, 2.24) is 0 Å². The van der Waals surface area contributed by atoms with E-state index in [4.69, 9.17) is 5.26 Å². The van der Waals surface area contributed by atoms with Crippen LogP contribution in [-0.4, -0.2) is 0 Å². The number of unbranched alkanes of at least 4 members (excludes halogenated alkanes) is 3. The molecule has 0 spiro atoms. The Morgan fingerprint density at radius 3 is 1.90 bits per heavy atom. The van der Waals surface area contributed by atoms with E-state index in [-0.39, 0.29) is 0 Å². The van der Waals surface area contributed by atoms with Gasteiger partial charge >= 0.3 is 0 Å². The van der Waals surface area contributed by atoms with Crippen LogP contribution in [0.1, 0.15) is 113 Å². The topological polar surface area (TPSA) is 23.8 Å². The number of nitrogens with zero attached hydrogens (tertiary/aromatic N) is 1. The monoisotopic (exact) mass is 409 g/mol. The SMILES string of the molecule is N#Cc1ccc([C@H]2CC[C@H](CC[C@H]3CC[C@H](CCCCCC=CF)CC3)CC2)cc1. The largest absolute Gasteiger partial charge is 0.216 e. The minimum absolute atomic E-state index is 0.683. The average molecular weight is 410 g/mol. The molecule has 0 heterocycles. The van der Waals surface area contributed by atoms with Crippen molar-refractivity contribution in [2.45, 2.75) is 102 Å². The van der Waals surface area contributed by atoms with Crippen molar-refractivity contribution < 1.29 is 4.39 Å². The van der Waals surface area contributed by atoms with E-state index >= 15 is 0 Å². The van der Waals surface area contributed by atoms with Crippen molar-refractivity contribution in [2.24, 2.45) is 17.8 Å². The molecule has 1 aromatic rings. The molecule has 1 aromatic carbocycles. The minimum Gasteiger partial charge on any atom is -0.216 e. The Labute approximate surface area is 183 Å². The van der Waals surface area contributed by atoms with Crippen molar-refractivity contribution in [3.05, 3.63) is 47.8 Å². The second kappa shape index (κ2) is 12.9. The van der Waals surface area contributed by atoms with Gasteiger partial charge in [0.1, 0.15) is 0 Å². The predicted molar refractivity (Wildman–Crippen MR) is 124 cm³/mol. The van der Waals surface area contributed by atoms with Gasteiger partial charge in [-0.25, -0.2) is 4.39 Å². The summed E-state index contributed by atoms with van der Waals surface area (Å²) < 4.78 is 11.9. The van der Waals surface area contributed by atoms with E-state index in [0.717, 1.165) is 36.2 Å². The van der Waals surface area contributed by atoms with Gasteiger partial charge in [0.2, 0.25) is 0 Å². The molecule has 2 saturated carbocycles. The molecule has 2 heteroatoms. The van der Waals surface area contributed by atoms with Crippen LogP contribution in [0.2, 0.25) is 0 Å². The summed E-state index contributed by atoms with van der Waals surface area (Å²) in [7, 11) is 0. The summed E-state index contributed by atoms with van der Waals surface area (Å²) >= 11 is 0. The van der Waals surface area contributed by atoms with Gasteiger partial charge in [-0.05, 0) is 79.9 Å². The quantitative estimate of drug-likeness (QED) is 0.354. The number of rotatable bonds is 10. The normalized spacial score (nSPS) is 27.2. The molecule has 0 aliphatic heterocycles. The van der Waals surface area contributed by atoms with E-state index in [1.54, 1.807) is 6.08 Å². The van der Waals surface area contributed by atoms with Gasteiger partial charge in [0.25, 0.3) is 0 Å². The molecule has 2 aliphatic rings. The first-order valence-electron chi connectivity index (χ1n) is 12.5. The maximum Gasteiger partial charge on any atom is 0.0991 e. The van der Waals surface area contributed by atoms with Crippen LogP contribution in [0, 0.1) is 29.1 Å². The Hall–Kier alpha value is -1.62. The fourth-order valence-electron chi connectivity index (χ4n) is 5.83. The Morgan fingerprint density at radius 2 is 1.33 bits per heavy atom. The third-order valence-electron chi connectivity index (χ3n) is 7.88. The fourth-order valence-corrected chi connectivity index (χ4v) is 5.83. The summed E-state index contributed by atoms with van der Waals surface area (Å²) in [5.41, 5.74) is 2.21. The Bertz CT molecular complexity index is 655. The molecule has 164 valence electrons. The van der Waals surface area contributed by atoms with Crippen LogP contribution >= 0.6 is 0 Å². The van der Waals surface area contributed by atoms with E-state index in [0.29, 0.717) is 12.2 Å². The van der Waals surface area contributed by atoms with Crippen LogP contribution in [-0.2, 0) is 0 Å². The average Bonchev–Trinajstić information content (AvgIpc) is 2.81. The van der Waals surface area contributed by atoms with Crippen LogP contribution < -0.4 is 0 Å². The van der Waals surface area contributed by atoms with Gasteiger partial charge < -0.3 is 0 Å². The Morgan fingerprint density at radius 1 is 0.767 bits per heavy atom. The number of hydrogen-bond acceptors (Lipinski definition) is 1. The molecule has 0 atom stereocenters. The highest BCUT2D eigenvalue weighted by Gasteiger charge is 2.25. The van der Waals surface area contributed by atoms with Crippen molar-refractivity contribution >= 4 is 0 Å². The van der Waals surface area contributed by atoms with Crippen LogP contribution in [0.15, 0.2) is 36.7 Å². The minimum atomic E-state index is 0.683. The van der Waals surface area contributed by atoms with Gasteiger partial charge in [0.05, 0.1) is 18.0 Å². The molecule has 2 fully saturated rings. The summed E-state index contributed by atoms with van der Waals surface area (Å²) in [5.74, 6) is 3.58. The molecular formula is C28H40FN. The van der Waals surface area contributed by atoms with E-state index in [1.165, 1.54) is 89.0 Å². The van der Waals surface area contributed by atoms with Gasteiger partial charge in [0.15, 0.2) is 0 Å². The van der Waals surface area contributed by atoms with Crippen LogP contribution in [0.3, 0.4) is 0 Å². The van der Waals surface area contributed by atoms with E-state index in [9.17, 15) is 4.39 Å². The zero-order chi connectivity index (χ0) is 21.0. The summed E-state index contributed by atoms with van der Waals surface area (Å²) in [4.78, 5) is 0. The molecule has 2 aliphatic carbocycles. The second-order valence-electron chi connectivity index (χ2n) is 9.92. The summed E-state index contributed by atoms with van der Waals surface area (Å²) in [6, 6.07) is 10.5. The summed E-state index contributed by atoms with van der Waals surface area (Å²) in [6.45, 7) is 0. The van der Waals surface area contributed by atoms with Crippen molar-refractivity contribution in [3.63, 3.8) is 0 Å². The molecule has 0 radical (unpaired) electrons. The highest BCUT2D eigenvalue weighted by molar-refractivity contribution is 5.33. The lowest BCUT2D eigenvalue weighted by molar-refractivity contribution is 0.222. The third kappa shape index (κ3) is 7.57. The zero-order valence-corrected chi connectivity index (χ0v) is 18.7. The molecule has 0 aromatic heterocycles. The van der Waals surface area contributed by atoms with Gasteiger partial charge in [-0.3, -0.25) is 0 Å². The highest BCUT2D eigenvalue weighted by Crippen LogP contribution is 2.40. The lowest BCUT2D eigenvalue weighted by Crippen LogP contribution is -2.17. The van der Waals surface area contributed by atoms with Gasteiger partial charge in [-0.2, -0.15) is 5.26 Å². The van der Waals surface area contributed by atoms with Crippen molar-refractivity contribution in [2.75, 3.05) is 0 Å². The molecule has 0 amide bonds. The first-order valence-corrected chi connectivity index (χ1v) is 12.5. The second-order valence-corrected chi connectivity index (χ2v) is 9.92. The van der Waals surface area contributed by atoms with E-state index < -0.39 is 0 Å². The van der Waals surface area contributed by atoms with E-state index in [1.807, 2.05) is 12.1 Å². The number of hydrogen-bond donors (Lipinski definition) is 0. The smallest absolute Gasteiger partial charge is 0.0991 e. The molecule has 0 saturated heterocycles. The Kier molecular flexibility index (Phi) is 9.94. The molecule has 30 heavy (non-hydrogen) atoms. The van der Waals surface area contributed by atoms with E-state index in [2.05, 4.69) is 18.2 Å². The first kappa shape index (κ1) is 23.1. The van der Waals surface area contributed by atoms with Crippen molar-refractivity contribution in [3.8, 4) is 6.07 Å². The first-order chi connectivity index (χ1) is 14.8. The molecule has 1 nitrogen and oxygen atoms in total. The molecular weight excluding hydrogens is 369 g/mol. The predicted octanol–water partition coefficient (Wildman–Crippen LogP) is 8.85. The summed E-state index contributed by atoms with van der Waals surface area (Å²) in [5, 5.41) is 8.97. The lowest BCUT2D eigenvalue weighted by Gasteiger charge is -2.32. The lowest BCUT2D eigenvalue weighted by atomic mass is 9.74. The van der Waals surface area contributed by atoms with Gasteiger partial charge in [-0.1, -0.05) is 76.0 Å². The van der Waals surface area contributed by atoms with Gasteiger partial charge in [0, 0.05) is 0 Å². The number of benzene rings is 1. The maximum absolute atomic E-state index is 11.9. The summed E-state index contributed by atoms with van der Waals surface area (Å²) in [6.07, 6.45) is 22.5. The highest BCUT2D eigenvalue weighted by atomic mass is 19.1. The molecule has 0 N–H and O–H groups in total. The van der Waals surface area contributed by atoms with Crippen LogP contribution in [0.25, 0.3) is 0 Å². The third-order valence-corrected chi connectivity index (χ3v) is 7.88. The standard InChI is InChI=1S/C28H40FN/c29-21-5-3-1-2-4-6-23-7-9-24(10-8-23)11-12-25-13-17-27(18-14-25)28-19-15-26(22-30)16-20-28/h5,15-16,19-21,23-25,27H,1-4,6-14,17-18H2/t23-,24-,25-,27-. The number of halogens is 1. The maximum atomic E-state index is 11.9. The number of nitriles is 1. The Balaban J connectivity index is 1.25. The molecule has 3 rings (SSSR count). The zero-order valence-electron chi connectivity index (χ0n) is 18.7.